The number of hydrogen-bond acceptors (Lipinski definition) is 2. The fourth-order valence-electron chi connectivity index (χ4n) is 1.42. The molecule has 0 radical (unpaired) electrons. The summed E-state index contributed by atoms with van der Waals surface area (Å²) in [5, 5.41) is 8.02. The van der Waals surface area contributed by atoms with Crippen molar-refractivity contribution < 1.29 is 9.59 Å². The lowest BCUT2D eigenvalue weighted by Crippen LogP contribution is -2.31. The average molecular weight is 259 g/mol. The van der Waals surface area contributed by atoms with E-state index in [1.54, 1.807) is 24.3 Å². The SMILES string of the molecule is C#Cc1cccc(NC(=O)NCCCNC(C)=O)c1. The van der Waals surface area contributed by atoms with Crippen LogP contribution in [0.15, 0.2) is 24.3 Å². The number of carbonyl (C=O) groups is 2. The van der Waals surface area contributed by atoms with E-state index >= 15 is 0 Å². The zero-order valence-electron chi connectivity index (χ0n) is 10.8. The molecule has 0 unspecified atom stereocenters. The number of amides is 3. The van der Waals surface area contributed by atoms with Crippen LogP contribution in [0.5, 0.6) is 0 Å². The van der Waals surface area contributed by atoms with Crippen LogP contribution in [-0.2, 0) is 4.79 Å². The Morgan fingerprint density at radius 1 is 1.26 bits per heavy atom. The largest absolute Gasteiger partial charge is 0.356 e. The lowest BCUT2D eigenvalue weighted by molar-refractivity contribution is -0.118. The fraction of sp³-hybridized carbons (Fsp3) is 0.286. The lowest BCUT2D eigenvalue weighted by atomic mass is 10.2. The molecule has 0 saturated heterocycles. The smallest absolute Gasteiger partial charge is 0.319 e. The van der Waals surface area contributed by atoms with Crippen molar-refractivity contribution in [3.05, 3.63) is 29.8 Å². The minimum absolute atomic E-state index is 0.0736. The predicted octanol–water partition coefficient (Wildman–Crippen LogP) is 1.32. The predicted molar refractivity (Wildman–Crippen MR) is 74.7 cm³/mol. The maximum Gasteiger partial charge on any atom is 0.319 e. The highest BCUT2D eigenvalue weighted by Crippen LogP contribution is 2.09. The molecule has 0 aliphatic carbocycles. The number of benzene rings is 1. The zero-order chi connectivity index (χ0) is 14.1. The average Bonchev–Trinajstić information content (AvgIpc) is 2.38. The Morgan fingerprint density at radius 2 is 2.00 bits per heavy atom. The van der Waals surface area contributed by atoms with E-state index in [0.29, 0.717) is 30.8 Å². The molecule has 0 spiro atoms. The Kier molecular flexibility index (Phi) is 5.96. The van der Waals surface area contributed by atoms with E-state index < -0.39 is 0 Å². The van der Waals surface area contributed by atoms with E-state index in [4.69, 9.17) is 6.42 Å². The molecule has 0 fully saturated rings. The second-order valence-corrected chi connectivity index (χ2v) is 3.94. The summed E-state index contributed by atoms with van der Waals surface area (Å²) >= 11 is 0. The third kappa shape index (κ3) is 6.13. The standard InChI is InChI=1S/C14H17N3O2/c1-3-12-6-4-7-13(10-12)17-14(19)16-9-5-8-15-11(2)18/h1,4,6-7,10H,5,8-9H2,2H3,(H,15,18)(H2,16,17,19). The molecule has 1 rings (SSSR count). The molecule has 5 heteroatoms. The van der Waals surface area contributed by atoms with Crippen molar-refractivity contribution in [2.45, 2.75) is 13.3 Å². The molecule has 0 bridgehead atoms. The highest BCUT2D eigenvalue weighted by molar-refractivity contribution is 5.89. The van der Waals surface area contributed by atoms with Crippen LogP contribution in [0, 0.1) is 12.3 Å². The van der Waals surface area contributed by atoms with Crippen LogP contribution >= 0.6 is 0 Å². The molecule has 0 atom stereocenters. The number of terminal acetylenes is 1. The number of anilines is 1. The molecule has 1 aromatic carbocycles. The highest BCUT2D eigenvalue weighted by Gasteiger charge is 2.01. The molecule has 0 saturated carbocycles. The van der Waals surface area contributed by atoms with Crippen LogP contribution < -0.4 is 16.0 Å². The van der Waals surface area contributed by atoms with Crippen LogP contribution in [0.4, 0.5) is 10.5 Å². The zero-order valence-corrected chi connectivity index (χ0v) is 10.8. The van der Waals surface area contributed by atoms with Crippen LogP contribution in [0.1, 0.15) is 18.9 Å². The summed E-state index contributed by atoms with van der Waals surface area (Å²) < 4.78 is 0. The van der Waals surface area contributed by atoms with Crippen molar-refractivity contribution >= 4 is 17.6 Å². The molecule has 0 heterocycles. The van der Waals surface area contributed by atoms with Gasteiger partial charge in [-0.2, -0.15) is 0 Å². The third-order valence-corrected chi connectivity index (χ3v) is 2.30. The first-order chi connectivity index (χ1) is 9.11. The summed E-state index contributed by atoms with van der Waals surface area (Å²) in [6, 6.07) is 6.75. The van der Waals surface area contributed by atoms with Gasteiger partial charge in [-0.15, -0.1) is 6.42 Å². The number of rotatable bonds is 5. The summed E-state index contributed by atoms with van der Waals surface area (Å²) in [5.41, 5.74) is 1.36. The fourth-order valence-corrected chi connectivity index (χ4v) is 1.42. The molecule has 3 amide bonds. The minimum atomic E-state index is -0.294. The van der Waals surface area contributed by atoms with Gasteiger partial charge >= 0.3 is 6.03 Å². The number of hydrogen-bond donors (Lipinski definition) is 3. The van der Waals surface area contributed by atoms with Gasteiger partial charge in [-0.25, -0.2) is 4.79 Å². The lowest BCUT2D eigenvalue weighted by Gasteiger charge is -2.08. The van der Waals surface area contributed by atoms with Gasteiger partial charge in [0, 0.05) is 31.3 Å². The van der Waals surface area contributed by atoms with Crippen molar-refractivity contribution in [2.75, 3.05) is 18.4 Å². The van der Waals surface area contributed by atoms with Crippen LogP contribution in [-0.4, -0.2) is 25.0 Å². The maximum absolute atomic E-state index is 11.5. The van der Waals surface area contributed by atoms with Crippen LogP contribution in [0.25, 0.3) is 0 Å². The van der Waals surface area contributed by atoms with E-state index in [9.17, 15) is 9.59 Å². The second kappa shape index (κ2) is 7.77. The van der Waals surface area contributed by atoms with Gasteiger partial charge < -0.3 is 16.0 Å². The Hall–Kier alpha value is -2.48. The van der Waals surface area contributed by atoms with Crippen LogP contribution in [0.3, 0.4) is 0 Å². The second-order valence-electron chi connectivity index (χ2n) is 3.94. The summed E-state index contributed by atoms with van der Waals surface area (Å²) in [6.07, 6.45) is 5.95. The van der Waals surface area contributed by atoms with Gasteiger partial charge in [0.25, 0.3) is 0 Å². The Morgan fingerprint density at radius 3 is 2.68 bits per heavy atom. The van der Waals surface area contributed by atoms with E-state index in [0.717, 1.165) is 0 Å². The molecule has 0 aromatic heterocycles. The Bertz CT molecular complexity index is 492. The number of urea groups is 1. The molecule has 100 valence electrons. The van der Waals surface area contributed by atoms with Crippen molar-refractivity contribution in [1.82, 2.24) is 10.6 Å². The molecule has 1 aromatic rings. The van der Waals surface area contributed by atoms with Crippen molar-refractivity contribution in [2.24, 2.45) is 0 Å². The summed E-state index contributed by atoms with van der Waals surface area (Å²) in [6.45, 7) is 2.49. The monoisotopic (exact) mass is 259 g/mol. The van der Waals surface area contributed by atoms with Gasteiger partial charge in [-0.05, 0) is 24.6 Å². The van der Waals surface area contributed by atoms with Gasteiger partial charge in [-0.1, -0.05) is 12.0 Å². The Labute approximate surface area is 112 Å². The van der Waals surface area contributed by atoms with Crippen molar-refractivity contribution in [1.29, 1.82) is 0 Å². The minimum Gasteiger partial charge on any atom is -0.356 e. The molecule has 3 N–H and O–H groups in total. The quantitative estimate of drug-likeness (QED) is 0.551. The van der Waals surface area contributed by atoms with Gasteiger partial charge in [0.2, 0.25) is 5.91 Å². The number of nitrogens with one attached hydrogen (secondary N) is 3. The topological polar surface area (TPSA) is 70.2 Å². The molecular weight excluding hydrogens is 242 g/mol. The van der Waals surface area contributed by atoms with E-state index in [1.807, 2.05) is 0 Å². The highest BCUT2D eigenvalue weighted by atomic mass is 16.2. The summed E-state index contributed by atoms with van der Waals surface area (Å²) in [5.74, 6) is 2.43. The van der Waals surface area contributed by atoms with E-state index in [-0.39, 0.29) is 11.9 Å². The Balaban J connectivity index is 2.27. The van der Waals surface area contributed by atoms with E-state index in [2.05, 4.69) is 21.9 Å². The molecule has 0 aliphatic rings. The third-order valence-electron chi connectivity index (χ3n) is 2.30. The molecular formula is C14H17N3O2. The van der Waals surface area contributed by atoms with Crippen LogP contribution in [0.2, 0.25) is 0 Å². The number of carbonyl (C=O) groups excluding carboxylic acids is 2. The van der Waals surface area contributed by atoms with Gasteiger partial charge in [0.05, 0.1) is 0 Å². The summed E-state index contributed by atoms with van der Waals surface area (Å²) in [7, 11) is 0. The maximum atomic E-state index is 11.5. The molecule has 19 heavy (non-hydrogen) atoms. The molecule has 0 aliphatic heterocycles. The van der Waals surface area contributed by atoms with Crippen molar-refractivity contribution in [3.8, 4) is 12.3 Å². The first-order valence-corrected chi connectivity index (χ1v) is 5.98. The van der Waals surface area contributed by atoms with Gasteiger partial charge in [0.15, 0.2) is 0 Å². The van der Waals surface area contributed by atoms with Crippen molar-refractivity contribution in [3.63, 3.8) is 0 Å². The molecule has 5 nitrogen and oxygen atoms in total. The van der Waals surface area contributed by atoms with Gasteiger partial charge in [-0.3, -0.25) is 4.79 Å². The van der Waals surface area contributed by atoms with E-state index in [1.165, 1.54) is 6.92 Å². The summed E-state index contributed by atoms with van der Waals surface area (Å²) in [4.78, 5) is 22.2. The normalized spacial score (nSPS) is 9.26. The van der Waals surface area contributed by atoms with Gasteiger partial charge in [0.1, 0.15) is 0 Å². The first kappa shape index (κ1) is 14.6. The first-order valence-electron chi connectivity index (χ1n) is 5.98.